The predicted molar refractivity (Wildman–Crippen MR) is 124 cm³/mol. The van der Waals surface area contributed by atoms with Gasteiger partial charge < -0.3 is 28.4 Å². The van der Waals surface area contributed by atoms with Crippen molar-refractivity contribution in [1.29, 1.82) is 0 Å². The van der Waals surface area contributed by atoms with Crippen LogP contribution in [0.4, 0.5) is 5.69 Å². The molecular formula is C24H28N2O9. The lowest BCUT2D eigenvalue weighted by Gasteiger charge is -2.38. The molecule has 0 spiro atoms. The van der Waals surface area contributed by atoms with E-state index in [-0.39, 0.29) is 35.3 Å². The second-order valence-corrected chi connectivity index (χ2v) is 7.86. The molecule has 0 saturated carbocycles. The van der Waals surface area contributed by atoms with Crippen LogP contribution in [0.2, 0.25) is 0 Å². The number of carbonyl (C=O) groups is 1. The van der Waals surface area contributed by atoms with E-state index in [1.54, 1.807) is 12.1 Å². The first-order valence-corrected chi connectivity index (χ1v) is 11.3. The molecule has 0 amide bonds. The number of rotatable bonds is 5. The number of ether oxygens (including phenoxy) is 6. The van der Waals surface area contributed by atoms with Gasteiger partial charge in [0.1, 0.15) is 11.7 Å². The van der Waals surface area contributed by atoms with Crippen molar-refractivity contribution in [2.45, 2.75) is 32.4 Å². The van der Waals surface area contributed by atoms with Crippen LogP contribution in [0.3, 0.4) is 0 Å². The topological polar surface area (TPSA) is 119 Å². The first kappa shape index (κ1) is 24.4. The summed E-state index contributed by atoms with van der Waals surface area (Å²) in [5, 5.41) is 12.0. The molecule has 188 valence electrons. The van der Waals surface area contributed by atoms with Gasteiger partial charge in [-0.1, -0.05) is 19.9 Å². The van der Waals surface area contributed by atoms with E-state index in [9.17, 15) is 14.9 Å². The summed E-state index contributed by atoms with van der Waals surface area (Å²) in [6, 6.07) is 2.89. The Labute approximate surface area is 202 Å². The highest BCUT2D eigenvalue weighted by Crippen LogP contribution is 2.58. The van der Waals surface area contributed by atoms with Crippen LogP contribution in [-0.2, 0) is 11.2 Å². The number of carbonyl (C=O) groups excluding carboxylic acids is 1. The van der Waals surface area contributed by atoms with Crippen molar-refractivity contribution in [2.24, 2.45) is 0 Å². The van der Waals surface area contributed by atoms with Crippen molar-refractivity contribution >= 4 is 11.7 Å². The number of likely N-dealkylation sites (N-methyl/N-ethyl adjacent to an activating group) is 1. The van der Waals surface area contributed by atoms with Gasteiger partial charge in [0.15, 0.2) is 17.2 Å². The fourth-order valence-corrected chi connectivity index (χ4v) is 5.00. The molecule has 3 aliphatic heterocycles. The van der Waals surface area contributed by atoms with Crippen LogP contribution in [0.1, 0.15) is 53.0 Å². The SMILES string of the molecule is CC.COc1ccc2c(c1OC)C(=O)OC2[C@H]1c2c(c([N+](=O)[O-])c3c(c2OC)OCO3)CCN1C. The van der Waals surface area contributed by atoms with Gasteiger partial charge in [0.2, 0.25) is 18.3 Å². The smallest absolute Gasteiger partial charge is 0.343 e. The Morgan fingerprint density at radius 3 is 2.37 bits per heavy atom. The molecule has 0 radical (unpaired) electrons. The van der Waals surface area contributed by atoms with Gasteiger partial charge in [0, 0.05) is 23.2 Å². The van der Waals surface area contributed by atoms with E-state index in [0.29, 0.717) is 41.2 Å². The van der Waals surface area contributed by atoms with Crippen molar-refractivity contribution in [1.82, 2.24) is 4.90 Å². The summed E-state index contributed by atoms with van der Waals surface area (Å²) in [5.41, 5.74) is 1.76. The molecule has 2 aromatic rings. The molecule has 11 heteroatoms. The summed E-state index contributed by atoms with van der Waals surface area (Å²) >= 11 is 0. The summed E-state index contributed by atoms with van der Waals surface area (Å²) in [5.74, 6) is 0.715. The lowest BCUT2D eigenvalue weighted by Crippen LogP contribution is -2.36. The summed E-state index contributed by atoms with van der Waals surface area (Å²) in [4.78, 5) is 26.5. The molecule has 5 rings (SSSR count). The minimum Gasteiger partial charge on any atom is -0.493 e. The highest BCUT2D eigenvalue weighted by atomic mass is 16.7. The van der Waals surface area contributed by atoms with Crippen LogP contribution in [0, 0.1) is 10.1 Å². The molecule has 11 nitrogen and oxygen atoms in total. The third-order valence-electron chi connectivity index (χ3n) is 6.37. The predicted octanol–water partition coefficient (Wildman–Crippen LogP) is 3.82. The van der Waals surface area contributed by atoms with Gasteiger partial charge in [-0.3, -0.25) is 15.0 Å². The van der Waals surface area contributed by atoms with E-state index in [0.717, 1.165) is 0 Å². The molecule has 0 saturated heterocycles. The lowest BCUT2D eigenvalue weighted by molar-refractivity contribution is -0.386. The zero-order chi connectivity index (χ0) is 25.4. The van der Waals surface area contributed by atoms with Gasteiger partial charge in [-0.05, 0) is 19.5 Å². The quantitative estimate of drug-likeness (QED) is 0.349. The van der Waals surface area contributed by atoms with Gasteiger partial charge in [-0.25, -0.2) is 4.79 Å². The van der Waals surface area contributed by atoms with E-state index >= 15 is 0 Å². The number of nitro benzene ring substituents is 1. The van der Waals surface area contributed by atoms with Gasteiger partial charge in [-0.2, -0.15) is 0 Å². The van der Waals surface area contributed by atoms with E-state index in [2.05, 4.69) is 0 Å². The monoisotopic (exact) mass is 488 g/mol. The van der Waals surface area contributed by atoms with E-state index in [1.807, 2.05) is 25.8 Å². The van der Waals surface area contributed by atoms with Gasteiger partial charge in [0.05, 0.1) is 32.3 Å². The second-order valence-electron chi connectivity index (χ2n) is 7.86. The molecule has 0 aromatic heterocycles. The van der Waals surface area contributed by atoms with Crippen molar-refractivity contribution in [3.63, 3.8) is 0 Å². The third kappa shape index (κ3) is 3.57. The molecule has 2 atom stereocenters. The fourth-order valence-electron chi connectivity index (χ4n) is 5.00. The normalized spacial score (nSPS) is 19.7. The standard InChI is InChI=1S/C22H22N2O9.C2H6/c1-23-8-7-10-13(19(30-4)21-20(31-9-32-21)15(10)24(26)27)16(23)17-11-5-6-12(28-2)18(29-3)14(11)22(25)33-17;1-2/h5-6,16-17H,7-9H2,1-4H3;1-2H3/t16-,17?;/m1./s1. The molecule has 0 fully saturated rings. The van der Waals surface area contributed by atoms with Crippen LogP contribution < -0.4 is 23.7 Å². The van der Waals surface area contributed by atoms with E-state index < -0.39 is 23.0 Å². The zero-order valence-corrected chi connectivity index (χ0v) is 20.5. The van der Waals surface area contributed by atoms with Gasteiger partial charge in [0.25, 0.3) is 0 Å². The number of benzene rings is 2. The Kier molecular flexibility index (Phi) is 6.62. The number of fused-ring (bicyclic) bond motifs is 3. The van der Waals surface area contributed by atoms with Gasteiger partial charge in [-0.15, -0.1) is 0 Å². The van der Waals surface area contributed by atoms with Crippen LogP contribution in [-0.4, -0.2) is 57.5 Å². The Bertz CT molecular complexity index is 1180. The Hall–Kier alpha value is -3.73. The largest absolute Gasteiger partial charge is 0.493 e. The molecule has 0 aliphatic carbocycles. The number of cyclic esters (lactones) is 1. The van der Waals surface area contributed by atoms with Crippen LogP contribution in [0.15, 0.2) is 12.1 Å². The maximum absolute atomic E-state index is 12.9. The molecule has 0 bridgehead atoms. The summed E-state index contributed by atoms with van der Waals surface area (Å²) in [6.45, 7) is 4.35. The first-order valence-electron chi connectivity index (χ1n) is 11.3. The average molecular weight is 488 g/mol. The Balaban J connectivity index is 0.00000141. The Morgan fingerprint density at radius 1 is 1.06 bits per heavy atom. The van der Waals surface area contributed by atoms with Crippen molar-refractivity contribution in [3.05, 3.63) is 44.5 Å². The summed E-state index contributed by atoms with van der Waals surface area (Å²) in [7, 11) is 6.28. The van der Waals surface area contributed by atoms with Crippen LogP contribution in [0.25, 0.3) is 0 Å². The minimum atomic E-state index is -0.759. The molecular weight excluding hydrogens is 460 g/mol. The lowest BCUT2D eigenvalue weighted by atomic mass is 9.84. The van der Waals surface area contributed by atoms with Crippen molar-refractivity contribution in [3.8, 4) is 28.7 Å². The van der Waals surface area contributed by atoms with Crippen molar-refractivity contribution < 1.29 is 38.1 Å². The fraction of sp³-hybridized carbons (Fsp3) is 0.458. The van der Waals surface area contributed by atoms with Crippen LogP contribution >= 0.6 is 0 Å². The molecule has 2 aromatic carbocycles. The Morgan fingerprint density at radius 2 is 1.74 bits per heavy atom. The number of hydrogen-bond acceptors (Lipinski definition) is 10. The number of nitro groups is 1. The zero-order valence-electron chi connectivity index (χ0n) is 20.5. The summed E-state index contributed by atoms with van der Waals surface area (Å²) in [6.07, 6.45) is -0.365. The number of hydrogen-bond donors (Lipinski definition) is 0. The number of nitrogens with zero attached hydrogens (tertiary/aromatic N) is 2. The molecule has 3 aliphatic rings. The second kappa shape index (κ2) is 9.49. The summed E-state index contributed by atoms with van der Waals surface area (Å²) < 4.78 is 33.3. The van der Waals surface area contributed by atoms with Crippen molar-refractivity contribution in [2.75, 3.05) is 41.7 Å². The minimum absolute atomic E-state index is 0.0640. The molecule has 3 heterocycles. The number of methoxy groups -OCH3 is 3. The van der Waals surface area contributed by atoms with Gasteiger partial charge >= 0.3 is 11.7 Å². The molecule has 35 heavy (non-hydrogen) atoms. The highest BCUT2D eigenvalue weighted by molar-refractivity contribution is 5.98. The van der Waals surface area contributed by atoms with E-state index in [1.165, 1.54) is 21.3 Å². The maximum Gasteiger partial charge on any atom is 0.343 e. The van der Waals surface area contributed by atoms with E-state index in [4.69, 9.17) is 28.4 Å². The highest BCUT2D eigenvalue weighted by Gasteiger charge is 2.49. The third-order valence-corrected chi connectivity index (χ3v) is 6.37. The average Bonchev–Trinajstić information content (AvgIpc) is 3.47. The first-order chi connectivity index (χ1) is 16.9. The molecule has 1 unspecified atom stereocenters. The van der Waals surface area contributed by atoms with Crippen LogP contribution in [0.5, 0.6) is 28.7 Å². The maximum atomic E-state index is 12.9. The number of esters is 1. The molecule has 0 N–H and O–H groups in total.